The summed E-state index contributed by atoms with van der Waals surface area (Å²) in [6.07, 6.45) is 3.22. The van der Waals surface area contributed by atoms with Gasteiger partial charge in [-0.15, -0.1) is 0 Å². The van der Waals surface area contributed by atoms with E-state index in [0.717, 1.165) is 12.8 Å². The van der Waals surface area contributed by atoms with Gasteiger partial charge in [-0.05, 0) is 42.7 Å². The number of carbonyl (C=O) groups is 2. The molecule has 158 valence electrons. The third-order valence-corrected chi connectivity index (χ3v) is 5.11. The Hall–Kier alpha value is -2.61. The second-order valence-corrected chi connectivity index (χ2v) is 7.42. The van der Waals surface area contributed by atoms with Gasteiger partial charge < -0.3 is 14.8 Å². The van der Waals surface area contributed by atoms with Gasteiger partial charge in [0.05, 0.1) is 12.3 Å². The molecule has 0 unspecified atom stereocenters. The quantitative estimate of drug-likeness (QED) is 0.385. The standard InChI is InChI=1S/C21H21Cl2N3O4/c22-18-7-2-8-19(23)17(18)13-30-15-5-1-4-14(10-15)11-25-26-21(28)20(27)24-12-16-6-3-9-29-16/h1-2,4-5,7-8,10-11,16H,3,6,9,12-13H2,(H,24,27)(H,26,28)/b25-11-/t16-/m0/s1. The molecule has 30 heavy (non-hydrogen) atoms. The monoisotopic (exact) mass is 449 g/mol. The van der Waals surface area contributed by atoms with Crippen LogP contribution in [0.15, 0.2) is 47.6 Å². The second kappa shape index (κ2) is 11.0. The van der Waals surface area contributed by atoms with E-state index in [1.54, 1.807) is 42.5 Å². The second-order valence-electron chi connectivity index (χ2n) is 6.61. The maximum absolute atomic E-state index is 11.8. The minimum absolute atomic E-state index is 0.0337. The van der Waals surface area contributed by atoms with E-state index in [1.165, 1.54) is 6.21 Å². The number of hydrazone groups is 1. The molecule has 0 aliphatic carbocycles. The lowest BCUT2D eigenvalue weighted by molar-refractivity contribution is -0.139. The number of nitrogens with one attached hydrogen (secondary N) is 2. The van der Waals surface area contributed by atoms with E-state index in [-0.39, 0.29) is 12.7 Å². The molecule has 3 rings (SSSR count). The Labute approximate surface area is 184 Å². The van der Waals surface area contributed by atoms with Gasteiger partial charge in [0.15, 0.2) is 0 Å². The Balaban J connectivity index is 1.48. The number of benzene rings is 2. The average Bonchev–Trinajstić information content (AvgIpc) is 3.25. The zero-order chi connectivity index (χ0) is 21.3. The van der Waals surface area contributed by atoms with E-state index in [4.69, 9.17) is 32.7 Å². The molecule has 0 aromatic heterocycles. The van der Waals surface area contributed by atoms with Crippen molar-refractivity contribution in [3.63, 3.8) is 0 Å². The smallest absolute Gasteiger partial charge is 0.329 e. The molecule has 2 amide bonds. The zero-order valence-electron chi connectivity index (χ0n) is 16.1. The lowest BCUT2D eigenvalue weighted by Gasteiger charge is -2.10. The predicted octanol–water partition coefficient (Wildman–Crippen LogP) is 3.32. The van der Waals surface area contributed by atoms with Crippen LogP contribution in [0.25, 0.3) is 0 Å². The third-order valence-electron chi connectivity index (χ3n) is 4.40. The first-order valence-corrected chi connectivity index (χ1v) is 10.2. The summed E-state index contributed by atoms with van der Waals surface area (Å²) in [5.74, 6) is -1.02. The van der Waals surface area contributed by atoms with Crippen LogP contribution in [0, 0.1) is 0 Å². The molecule has 9 heteroatoms. The minimum Gasteiger partial charge on any atom is -0.489 e. The lowest BCUT2D eigenvalue weighted by atomic mass is 10.2. The van der Waals surface area contributed by atoms with Crippen molar-refractivity contribution in [1.29, 1.82) is 0 Å². The lowest BCUT2D eigenvalue weighted by Crippen LogP contribution is -2.41. The Bertz CT molecular complexity index is 910. The molecule has 1 aliphatic heterocycles. The van der Waals surface area contributed by atoms with Gasteiger partial charge in [-0.2, -0.15) is 5.10 Å². The molecule has 1 aliphatic rings. The molecule has 0 saturated carbocycles. The molecule has 1 heterocycles. The maximum Gasteiger partial charge on any atom is 0.329 e. The van der Waals surface area contributed by atoms with Crippen molar-refractivity contribution in [2.75, 3.05) is 13.2 Å². The Morgan fingerprint density at radius 3 is 2.67 bits per heavy atom. The molecule has 2 aromatic rings. The summed E-state index contributed by atoms with van der Waals surface area (Å²) in [7, 11) is 0. The van der Waals surface area contributed by atoms with Crippen molar-refractivity contribution in [2.24, 2.45) is 5.10 Å². The molecule has 7 nitrogen and oxygen atoms in total. The van der Waals surface area contributed by atoms with Crippen LogP contribution in [0.3, 0.4) is 0 Å². The first-order chi connectivity index (χ1) is 14.5. The van der Waals surface area contributed by atoms with Crippen molar-refractivity contribution in [2.45, 2.75) is 25.6 Å². The van der Waals surface area contributed by atoms with Gasteiger partial charge in [-0.3, -0.25) is 9.59 Å². The van der Waals surface area contributed by atoms with Crippen LogP contribution in [-0.2, 0) is 20.9 Å². The minimum atomic E-state index is -0.843. The number of carbonyl (C=O) groups excluding carboxylic acids is 2. The van der Waals surface area contributed by atoms with Gasteiger partial charge >= 0.3 is 11.8 Å². The van der Waals surface area contributed by atoms with Crippen LogP contribution in [-0.4, -0.2) is 37.3 Å². The molecule has 1 fully saturated rings. The Morgan fingerprint density at radius 1 is 1.17 bits per heavy atom. The fourth-order valence-electron chi connectivity index (χ4n) is 2.82. The molecule has 1 saturated heterocycles. The predicted molar refractivity (Wildman–Crippen MR) is 115 cm³/mol. The SMILES string of the molecule is O=C(NC[C@@H]1CCCO1)C(=O)N/N=C\c1cccc(OCc2c(Cl)cccc2Cl)c1. The van der Waals surface area contributed by atoms with Crippen LogP contribution in [0.5, 0.6) is 5.75 Å². The molecular weight excluding hydrogens is 429 g/mol. The van der Waals surface area contributed by atoms with Gasteiger partial charge in [0, 0.05) is 28.8 Å². The number of amides is 2. The molecule has 0 spiro atoms. The summed E-state index contributed by atoms with van der Waals surface area (Å²) in [6.45, 7) is 1.21. The molecular formula is C21H21Cl2N3O4. The van der Waals surface area contributed by atoms with Crippen LogP contribution in [0.1, 0.15) is 24.0 Å². The fraction of sp³-hybridized carbons (Fsp3) is 0.286. The summed E-state index contributed by atoms with van der Waals surface area (Å²) < 4.78 is 11.1. The van der Waals surface area contributed by atoms with E-state index in [0.29, 0.717) is 40.1 Å². The van der Waals surface area contributed by atoms with Gasteiger partial charge in [0.25, 0.3) is 0 Å². The van der Waals surface area contributed by atoms with E-state index in [2.05, 4.69) is 15.8 Å². The highest BCUT2D eigenvalue weighted by Crippen LogP contribution is 2.26. The average molecular weight is 450 g/mol. The van der Waals surface area contributed by atoms with Crippen LogP contribution >= 0.6 is 23.2 Å². The summed E-state index contributed by atoms with van der Waals surface area (Å²) in [4.78, 5) is 23.6. The summed E-state index contributed by atoms with van der Waals surface area (Å²) >= 11 is 12.3. The largest absolute Gasteiger partial charge is 0.489 e. The number of hydrogen-bond acceptors (Lipinski definition) is 5. The van der Waals surface area contributed by atoms with Crippen molar-refractivity contribution in [1.82, 2.24) is 10.7 Å². The van der Waals surface area contributed by atoms with Gasteiger partial charge in [-0.1, -0.05) is 41.4 Å². The number of hydrogen-bond donors (Lipinski definition) is 2. The van der Waals surface area contributed by atoms with Gasteiger partial charge in [-0.25, -0.2) is 5.43 Å². The number of halogens is 2. The third kappa shape index (κ3) is 6.45. The van der Waals surface area contributed by atoms with Crippen LogP contribution < -0.4 is 15.5 Å². The molecule has 0 bridgehead atoms. The highest BCUT2D eigenvalue weighted by molar-refractivity contribution is 6.36. The highest BCUT2D eigenvalue weighted by atomic mass is 35.5. The maximum atomic E-state index is 11.8. The van der Waals surface area contributed by atoms with Crippen LogP contribution in [0.2, 0.25) is 10.0 Å². The molecule has 2 aromatic carbocycles. The number of rotatable bonds is 7. The Morgan fingerprint density at radius 2 is 1.93 bits per heavy atom. The molecule has 2 N–H and O–H groups in total. The normalized spacial score (nSPS) is 15.9. The fourth-order valence-corrected chi connectivity index (χ4v) is 3.33. The van der Waals surface area contributed by atoms with Gasteiger partial charge in [0.2, 0.25) is 0 Å². The molecule has 0 radical (unpaired) electrons. The summed E-state index contributed by atoms with van der Waals surface area (Å²) in [5.41, 5.74) is 3.57. The van der Waals surface area contributed by atoms with E-state index in [1.807, 2.05) is 0 Å². The first-order valence-electron chi connectivity index (χ1n) is 9.41. The van der Waals surface area contributed by atoms with Crippen molar-refractivity contribution < 1.29 is 19.1 Å². The van der Waals surface area contributed by atoms with Crippen molar-refractivity contribution in [3.05, 3.63) is 63.6 Å². The zero-order valence-corrected chi connectivity index (χ0v) is 17.6. The first kappa shape index (κ1) is 22.1. The van der Waals surface area contributed by atoms with E-state index in [9.17, 15) is 9.59 Å². The number of ether oxygens (including phenoxy) is 2. The molecule has 1 atom stereocenters. The van der Waals surface area contributed by atoms with Crippen LogP contribution in [0.4, 0.5) is 0 Å². The Kier molecular flexibility index (Phi) is 8.07. The highest BCUT2D eigenvalue weighted by Gasteiger charge is 2.18. The van der Waals surface area contributed by atoms with Crippen molar-refractivity contribution in [3.8, 4) is 5.75 Å². The number of nitrogens with zero attached hydrogens (tertiary/aromatic N) is 1. The topological polar surface area (TPSA) is 89.0 Å². The van der Waals surface area contributed by atoms with E-state index < -0.39 is 11.8 Å². The summed E-state index contributed by atoms with van der Waals surface area (Å²) in [6, 6.07) is 12.3. The van der Waals surface area contributed by atoms with E-state index >= 15 is 0 Å². The van der Waals surface area contributed by atoms with Crippen molar-refractivity contribution >= 4 is 41.2 Å². The summed E-state index contributed by atoms with van der Waals surface area (Å²) in [5, 5.41) is 7.40. The van der Waals surface area contributed by atoms with Gasteiger partial charge in [0.1, 0.15) is 12.4 Å².